The molecule has 0 amide bonds. The van der Waals surface area contributed by atoms with Crippen LogP contribution in [-0.2, 0) is 21.5 Å². The molecule has 0 bridgehead atoms. The summed E-state index contributed by atoms with van der Waals surface area (Å²) in [5.74, 6) is 1.81. The molecule has 1 aromatic rings. The number of hydrogen-bond acceptors (Lipinski definition) is 5. The van der Waals surface area contributed by atoms with Crippen molar-refractivity contribution in [1.29, 1.82) is 0 Å². The van der Waals surface area contributed by atoms with Gasteiger partial charge in [-0.05, 0) is 41.9 Å². The molecule has 5 nitrogen and oxygen atoms in total. The molecule has 1 saturated heterocycles. The predicted molar refractivity (Wildman–Crippen MR) is 91.1 cm³/mol. The molecular formula is C15H24IN3O2. The number of rotatable bonds is 5. The molecule has 1 fully saturated rings. The number of nitrogens with two attached hydrogens (primary N) is 1. The maximum absolute atomic E-state index is 6.11. The molecule has 118 valence electrons. The lowest BCUT2D eigenvalue weighted by Crippen LogP contribution is -2.39. The van der Waals surface area contributed by atoms with E-state index in [1.54, 1.807) is 0 Å². The second kappa shape index (κ2) is 7.19. The minimum absolute atomic E-state index is 0.447. The Morgan fingerprint density at radius 2 is 2.00 bits per heavy atom. The van der Waals surface area contributed by atoms with Gasteiger partial charge in [-0.1, -0.05) is 13.8 Å². The van der Waals surface area contributed by atoms with Gasteiger partial charge < -0.3 is 15.2 Å². The molecule has 2 N–H and O–H groups in total. The number of ether oxygens (including phenoxy) is 2. The molecule has 6 heteroatoms. The fourth-order valence-corrected chi connectivity index (χ4v) is 3.11. The van der Waals surface area contributed by atoms with Gasteiger partial charge in [0.05, 0.1) is 9.26 Å². The molecule has 0 saturated carbocycles. The van der Waals surface area contributed by atoms with Gasteiger partial charge in [0.2, 0.25) is 0 Å². The van der Waals surface area contributed by atoms with Crippen LogP contribution in [0.25, 0.3) is 0 Å². The summed E-state index contributed by atoms with van der Waals surface area (Å²) in [5, 5.41) is 0. The number of nitrogen functional groups attached to an aromatic ring is 1. The fourth-order valence-electron chi connectivity index (χ4n) is 2.65. The van der Waals surface area contributed by atoms with Crippen molar-refractivity contribution in [3.05, 3.63) is 15.1 Å². The number of hydrogen-bond donors (Lipinski definition) is 1. The van der Waals surface area contributed by atoms with Crippen LogP contribution in [0.5, 0.6) is 0 Å². The molecular weight excluding hydrogens is 381 g/mol. The van der Waals surface area contributed by atoms with Crippen LogP contribution in [0.3, 0.4) is 0 Å². The predicted octanol–water partition coefficient (Wildman–Crippen LogP) is 2.90. The Bertz CT molecular complexity index is 483. The molecule has 2 heterocycles. The summed E-state index contributed by atoms with van der Waals surface area (Å²) in [5.41, 5.74) is 6.69. The third-order valence-electron chi connectivity index (χ3n) is 3.68. The number of aromatic nitrogens is 2. The van der Waals surface area contributed by atoms with E-state index in [-0.39, 0.29) is 0 Å². The zero-order chi connectivity index (χ0) is 15.5. The van der Waals surface area contributed by atoms with Crippen molar-refractivity contribution in [2.75, 3.05) is 25.6 Å². The molecule has 0 aliphatic carbocycles. The SMILES string of the molecule is CCOC1(c2nc(N)c(I)c(CC(C)C)n2)CCOCC1. The second-order valence-electron chi connectivity index (χ2n) is 5.83. The van der Waals surface area contributed by atoms with Crippen LogP contribution in [0.2, 0.25) is 0 Å². The molecule has 1 aromatic heterocycles. The Morgan fingerprint density at radius 3 is 2.57 bits per heavy atom. The maximum Gasteiger partial charge on any atom is 0.163 e. The van der Waals surface area contributed by atoms with Crippen LogP contribution >= 0.6 is 22.6 Å². The summed E-state index contributed by atoms with van der Waals surface area (Å²) in [6.45, 7) is 8.35. The summed E-state index contributed by atoms with van der Waals surface area (Å²) in [7, 11) is 0. The summed E-state index contributed by atoms with van der Waals surface area (Å²) in [4.78, 5) is 9.34. The van der Waals surface area contributed by atoms with Crippen LogP contribution in [0.1, 0.15) is 45.1 Å². The average molecular weight is 405 g/mol. The van der Waals surface area contributed by atoms with Gasteiger partial charge in [0.25, 0.3) is 0 Å². The van der Waals surface area contributed by atoms with Crippen LogP contribution in [0, 0.1) is 9.49 Å². The fraction of sp³-hybridized carbons (Fsp3) is 0.733. The quantitative estimate of drug-likeness (QED) is 0.763. The lowest BCUT2D eigenvalue weighted by atomic mass is 9.92. The lowest BCUT2D eigenvalue weighted by molar-refractivity contribution is -0.117. The van der Waals surface area contributed by atoms with Gasteiger partial charge >= 0.3 is 0 Å². The van der Waals surface area contributed by atoms with Gasteiger partial charge in [0, 0.05) is 32.7 Å². The number of halogens is 1. The highest BCUT2D eigenvalue weighted by Gasteiger charge is 2.39. The minimum atomic E-state index is -0.447. The van der Waals surface area contributed by atoms with Gasteiger partial charge in [-0.3, -0.25) is 0 Å². The Kier molecular flexibility index (Phi) is 5.79. The Balaban J connectivity index is 2.42. The van der Waals surface area contributed by atoms with Crippen molar-refractivity contribution in [3.63, 3.8) is 0 Å². The van der Waals surface area contributed by atoms with Crippen molar-refractivity contribution in [2.24, 2.45) is 5.92 Å². The van der Waals surface area contributed by atoms with Crippen molar-refractivity contribution in [3.8, 4) is 0 Å². The standard InChI is InChI=1S/C15H24IN3O2/c1-4-21-15(5-7-20-8-6-15)14-18-11(9-10(2)3)12(16)13(17)19-14/h10H,4-9H2,1-3H3,(H2,17,18,19). The first kappa shape index (κ1) is 16.9. The monoisotopic (exact) mass is 405 g/mol. The van der Waals surface area contributed by atoms with Crippen LogP contribution in [-0.4, -0.2) is 29.8 Å². The van der Waals surface area contributed by atoms with Crippen LogP contribution in [0.15, 0.2) is 0 Å². The van der Waals surface area contributed by atoms with E-state index in [2.05, 4.69) is 41.4 Å². The number of anilines is 1. The Hall–Kier alpha value is -0.470. The third kappa shape index (κ3) is 3.84. The first-order valence-corrected chi connectivity index (χ1v) is 8.60. The van der Waals surface area contributed by atoms with E-state index in [4.69, 9.17) is 20.2 Å². The second-order valence-corrected chi connectivity index (χ2v) is 6.91. The van der Waals surface area contributed by atoms with Crippen LogP contribution in [0.4, 0.5) is 5.82 Å². The lowest BCUT2D eigenvalue weighted by Gasteiger charge is -2.35. The molecule has 0 spiro atoms. The summed E-state index contributed by atoms with van der Waals surface area (Å²) < 4.78 is 12.5. The molecule has 21 heavy (non-hydrogen) atoms. The summed E-state index contributed by atoms with van der Waals surface area (Å²) >= 11 is 2.24. The van der Waals surface area contributed by atoms with Crippen molar-refractivity contribution >= 4 is 28.4 Å². The van der Waals surface area contributed by atoms with E-state index in [0.717, 1.165) is 34.4 Å². The smallest absolute Gasteiger partial charge is 0.163 e. The van der Waals surface area contributed by atoms with Crippen LogP contribution < -0.4 is 5.73 Å². The zero-order valence-electron chi connectivity index (χ0n) is 13.0. The first-order chi connectivity index (χ1) is 9.98. The summed E-state index contributed by atoms with van der Waals surface area (Å²) in [6, 6.07) is 0. The maximum atomic E-state index is 6.11. The molecule has 2 rings (SSSR count). The normalized spacial score (nSPS) is 18.1. The zero-order valence-corrected chi connectivity index (χ0v) is 15.1. The van der Waals surface area contributed by atoms with Gasteiger partial charge in [-0.2, -0.15) is 0 Å². The van der Waals surface area contributed by atoms with Crippen molar-refractivity contribution < 1.29 is 9.47 Å². The van der Waals surface area contributed by atoms with Crippen molar-refractivity contribution in [1.82, 2.24) is 9.97 Å². The molecule has 1 aliphatic rings. The van der Waals surface area contributed by atoms with Gasteiger partial charge in [-0.25, -0.2) is 9.97 Å². The van der Waals surface area contributed by atoms with Gasteiger partial charge in [-0.15, -0.1) is 0 Å². The molecule has 0 atom stereocenters. The summed E-state index contributed by atoms with van der Waals surface area (Å²) in [6.07, 6.45) is 2.46. The average Bonchev–Trinajstić information content (AvgIpc) is 2.44. The van der Waals surface area contributed by atoms with E-state index < -0.39 is 5.60 Å². The molecule has 0 aromatic carbocycles. The molecule has 0 unspecified atom stereocenters. The minimum Gasteiger partial charge on any atom is -0.383 e. The topological polar surface area (TPSA) is 70.3 Å². The van der Waals surface area contributed by atoms with Gasteiger partial charge in [0.1, 0.15) is 11.4 Å². The molecule has 1 aliphatic heterocycles. The van der Waals surface area contributed by atoms with E-state index in [1.165, 1.54) is 0 Å². The van der Waals surface area contributed by atoms with E-state index >= 15 is 0 Å². The highest BCUT2D eigenvalue weighted by atomic mass is 127. The Labute approximate surface area is 140 Å². The Morgan fingerprint density at radius 1 is 1.33 bits per heavy atom. The van der Waals surface area contributed by atoms with Gasteiger partial charge in [0.15, 0.2) is 5.82 Å². The van der Waals surface area contributed by atoms with E-state index in [1.807, 2.05) is 6.92 Å². The van der Waals surface area contributed by atoms with E-state index in [0.29, 0.717) is 31.6 Å². The highest BCUT2D eigenvalue weighted by molar-refractivity contribution is 14.1. The highest BCUT2D eigenvalue weighted by Crippen LogP contribution is 2.35. The largest absolute Gasteiger partial charge is 0.383 e. The van der Waals surface area contributed by atoms with Crippen molar-refractivity contribution in [2.45, 2.75) is 45.6 Å². The third-order valence-corrected chi connectivity index (χ3v) is 4.85. The number of nitrogens with zero attached hydrogens (tertiary/aromatic N) is 2. The first-order valence-electron chi connectivity index (χ1n) is 7.52. The van der Waals surface area contributed by atoms with E-state index in [9.17, 15) is 0 Å². The molecule has 0 radical (unpaired) electrons.